The number of hydrogen-bond acceptors (Lipinski definition) is 4. The molecule has 0 aliphatic carbocycles. The first kappa shape index (κ1) is 18.2. The Morgan fingerprint density at radius 2 is 2.40 bits per heavy atom. The summed E-state index contributed by atoms with van der Waals surface area (Å²) in [5.74, 6) is 0.761. The minimum Gasteiger partial charge on any atom is -0.491 e. The lowest BCUT2D eigenvalue weighted by Crippen LogP contribution is -2.26. The second-order valence-corrected chi connectivity index (χ2v) is 7.21. The molecule has 2 heterocycles. The highest BCUT2D eigenvalue weighted by Gasteiger charge is 2.20. The summed E-state index contributed by atoms with van der Waals surface area (Å²) >= 11 is 2.24. The molecule has 2 aromatic rings. The Hall–Kier alpha value is -1.55. The summed E-state index contributed by atoms with van der Waals surface area (Å²) in [5, 5.41) is 16.6. The number of ether oxygens (including phenoxy) is 2. The molecule has 1 aliphatic heterocycles. The van der Waals surface area contributed by atoms with Crippen LogP contribution in [0, 0.1) is 3.70 Å². The van der Waals surface area contributed by atoms with Crippen LogP contribution in [0.1, 0.15) is 38.8 Å². The molecule has 7 nitrogen and oxygen atoms in total. The Kier molecular flexibility index (Phi) is 6.00. The van der Waals surface area contributed by atoms with E-state index in [2.05, 4.69) is 33.0 Å². The number of carbonyl (C=O) groups is 1. The minimum absolute atomic E-state index is 0.00699. The average molecular weight is 459 g/mol. The van der Waals surface area contributed by atoms with Gasteiger partial charge in [-0.2, -0.15) is 5.10 Å². The van der Waals surface area contributed by atoms with Crippen molar-refractivity contribution in [2.45, 2.75) is 44.9 Å². The van der Waals surface area contributed by atoms with E-state index in [1.165, 1.54) is 0 Å². The van der Waals surface area contributed by atoms with Gasteiger partial charge in [0.1, 0.15) is 9.45 Å². The molecule has 2 unspecified atom stereocenters. The molecule has 0 saturated carbocycles. The van der Waals surface area contributed by atoms with Gasteiger partial charge in [0.15, 0.2) is 6.23 Å². The van der Waals surface area contributed by atoms with Gasteiger partial charge in [-0.15, -0.1) is 0 Å². The largest absolute Gasteiger partial charge is 0.491 e. The maximum absolute atomic E-state index is 10.5. The SMILES string of the molecule is CC(CCNC(=O)O)Oc1ccc2c(c1)c(I)nn2C1CCCCO1. The van der Waals surface area contributed by atoms with Crippen LogP contribution >= 0.6 is 22.6 Å². The summed E-state index contributed by atoms with van der Waals surface area (Å²) in [6.45, 7) is 3.08. The zero-order chi connectivity index (χ0) is 17.8. The van der Waals surface area contributed by atoms with Gasteiger partial charge in [0.2, 0.25) is 0 Å². The zero-order valence-corrected chi connectivity index (χ0v) is 16.2. The number of rotatable bonds is 6. The van der Waals surface area contributed by atoms with E-state index >= 15 is 0 Å². The van der Waals surface area contributed by atoms with E-state index < -0.39 is 6.09 Å². The summed E-state index contributed by atoms with van der Waals surface area (Å²) in [5.41, 5.74) is 1.05. The molecule has 1 saturated heterocycles. The van der Waals surface area contributed by atoms with E-state index in [4.69, 9.17) is 14.6 Å². The fourth-order valence-corrected chi connectivity index (χ4v) is 3.63. The molecule has 3 rings (SSSR count). The average Bonchev–Trinajstić information content (AvgIpc) is 2.92. The van der Waals surface area contributed by atoms with E-state index in [1.54, 1.807) is 0 Å². The lowest BCUT2D eigenvalue weighted by atomic mass is 10.2. The third-order valence-electron chi connectivity index (χ3n) is 4.23. The summed E-state index contributed by atoms with van der Waals surface area (Å²) in [6, 6.07) is 5.94. The lowest BCUT2D eigenvalue weighted by molar-refractivity contribution is -0.0368. The molecule has 8 heteroatoms. The summed E-state index contributed by atoms with van der Waals surface area (Å²) < 4.78 is 14.7. The zero-order valence-electron chi connectivity index (χ0n) is 14.1. The molecule has 1 aromatic carbocycles. The number of halogens is 1. The second kappa shape index (κ2) is 8.22. The predicted molar refractivity (Wildman–Crippen MR) is 102 cm³/mol. The van der Waals surface area contributed by atoms with Gasteiger partial charge in [-0.3, -0.25) is 0 Å². The van der Waals surface area contributed by atoms with Crippen molar-refractivity contribution < 1.29 is 19.4 Å². The summed E-state index contributed by atoms with van der Waals surface area (Å²) in [6.07, 6.45) is 2.77. The standard InChI is InChI=1S/C17H22IN3O4/c1-11(7-8-19-17(22)23)25-12-5-6-14-13(10-12)16(18)20-21(14)15-4-2-3-9-24-15/h5-6,10-11,15,19H,2-4,7-9H2,1H3,(H,22,23). The van der Waals surface area contributed by atoms with Gasteiger partial charge in [-0.05, 0) is 67.0 Å². The van der Waals surface area contributed by atoms with Crippen LogP contribution in [0.5, 0.6) is 5.75 Å². The Morgan fingerprint density at radius 1 is 1.56 bits per heavy atom. The molecule has 1 aliphatic rings. The fraction of sp³-hybridized carbons (Fsp3) is 0.529. The number of nitrogens with zero attached hydrogens (tertiary/aromatic N) is 2. The lowest BCUT2D eigenvalue weighted by Gasteiger charge is -2.23. The van der Waals surface area contributed by atoms with Gasteiger partial charge < -0.3 is 19.9 Å². The van der Waals surface area contributed by atoms with E-state index in [-0.39, 0.29) is 12.3 Å². The van der Waals surface area contributed by atoms with Crippen molar-refractivity contribution in [3.63, 3.8) is 0 Å². The highest BCUT2D eigenvalue weighted by Crippen LogP contribution is 2.31. The molecule has 0 spiro atoms. The number of carboxylic acid groups (broad SMARTS) is 1. The van der Waals surface area contributed by atoms with Gasteiger partial charge >= 0.3 is 6.09 Å². The molecule has 2 N–H and O–H groups in total. The number of hydrogen-bond donors (Lipinski definition) is 2. The molecule has 0 radical (unpaired) electrons. The van der Waals surface area contributed by atoms with Crippen LogP contribution in [0.2, 0.25) is 0 Å². The second-order valence-electron chi connectivity index (χ2n) is 6.18. The highest BCUT2D eigenvalue weighted by atomic mass is 127. The summed E-state index contributed by atoms with van der Waals surface area (Å²) in [4.78, 5) is 10.5. The van der Waals surface area contributed by atoms with Crippen molar-refractivity contribution in [1.29, 1.82) is 0 Å². The van der Waals surface area contributed by atoms with Gasteiger partial charge in [-0.1, -0.05) is 0 Å². The van der Waals surface area contributed by atoms with Crippen molar-refractivity contribution in [2.24, 2.45) is 0 Å². The molecule has 2 atom stereocenters. The Bertz CT molecular complexity index is 743. The van der Waals surface area contributed by atoms with Gasteiger partial charge in [0.25, 0.3) is 0 Å². The molecule has 1 aromatic heterocycles. The normalized spacial score (nSPS) is 18.9. The number of nitrogens with one attached hydrogen (secondary N) is 1. The molecule has 25 heavy (non-hydrogen) atoms. The first-order valence-electron chi connectivity index (χ1n) is 8.47. The first-order valence-corrected chi connectivity index (χ1v) is 9.55. The summed E-state index contributed by atoms with van der Waals surface area (Å²) in [7, 11) is 0. The van der Waals surface area contributed by atoms with Gasteiger partial charge in [0.05, 0.1) is 11.6 Å². The Labute approximate surface area is 159 Å². The van der Waals surface area contributed by atoms with Crippen molar-refractivity contribution >= 4 is 39.6 Å². The van der Waals surface area contributed by atoms with Crippen molar-refractivity contribution in [3.8, 4) is 5.75 Å². The first-order chi connectivity index (χ1) is 12.0. The van der Waals surface area contributed by atoms with Gasteiger partial charge in [-0.25, -0.2) is 9.48 Å². The smallest absolute Gasteiger partial charge is 0.404 e. The van der Waals surface area contributed by atoms with Crippen molar-refractivity contribution in [2.75, 3.05) is 13.2 Å². The van der Waals surface area contributed by atoms with Crippen LogP contribution in [-0.4, -0.2) is 40.2 Å². The molecule has 1 amide bonds. The Balaban J connectivity index is 1.72. The monoisotopic (exact) mass is 459 g/mol. The van der Waals surface area contributed by atoms with Crippen LogP contribution in [0.25, 0.3) is 10.9 Å². The van der Waals surface area contributed by atoms with E-state index in [1.807, 2.05) is 29.8 Å². The maximum atomic E-state index is 10.5. The molecule has 0 bridgehead atoms. The van der Waals surface area contributed by atoms with E-state index in [0.717, 1.165) is 46.2 Å². The third-order valence-corrected chi connectivity index (χ3v) is 5.02. The molecule has 136 valence electrons. The van der Waals surface area contributed by atoms with Gasteiger partial charge in [0, 0.05) is 25.0 Å². The number of fused-ring (bicyclic) bond motifs is 1. The van der Waals surface area contributed by atoms with Crippen molar-refractivity contribution in [3.05, 3.63) is 21.9 Å². The number of amides is 1. The fourth-order valence-electron chi connectivity index (χ4n) is 2.97. The van der Waals surface area contributed by atoms with Crippen LogP contribution in [-0.2, 0) is 4.74 Å². The predicted octanol–water partition coefficient (Wildman–Crippen LogP) is 3.77. The van der Waals surface area contributed by atoms with Crippen molar-refractivity contribution in [1.82, 2.24) is 15.1 Å². The highest BCUT2D eigenvalue weighted by molar-refractivity contribution is 14.1. The minimum atomic E-state index is -1.01. The van der Waals surface area contributed by atoms with Crippen LogP contribution in [0.15, 0.2) is 18.2 Å². The van der Waals surface area contributed by atoms with Crippen LogP contribution in [0.4, 0.5) is 4.79 Å². The molecular weight excluding hydrogens is 437 g/mol. The van der Waals surface area contributed by atoms with E-state index in [9.17, 15) is 4.79 Å². The van der Waals surface area contributed by atoms with Crippen LogP contribution in [0.3, 0.4) is 0 Å². The quantitative estimate of drug-likeness (QED) is 0.643. The van der Waals surface area contributed by atoms with Crippen LogP contribution < -0.4 is 10.1 Å². The van der Waals surface area contributed by atoms with E-state index in [0.29, 0.717) is 13.0 Å². The third kappa shape index (κ3) is 4.55. The Morgan fingerprint density at radius 3 is 3.12 bits per heavy atom. The number of aromatic nitrogens is 2. The maximum Gasteiger partial charge on any atom is 0.404 e. The molecule has 1 fully saturated rings. The number of benzene rings is 1. The molecular formula is C17H22IN3O4. The topological polar surface area (TPSA) is 85.6 Å².